The monoisotopic (exact) mass is 331 g/mol. The second kappa shape index (κ2) is 6.83. The second-order valence-electron chi connectivity index (χ2n) is 5.45. The molecule has 0 radical (unpaired) electrons. The first kappa shape index (κ1) is 15.6. The third-order valence-corrected chi connectivity index (χ3v) is 4.71. The van der Waals surface area contributed by atoms with Crippen molar-refractivity contribution in [1.82, 2.24) is 5.32 Å². The number of hydrogen-bond acceptors (Lipinski definition) is 4. The fraction of sp³-hybridized carbons (Fsp3) is 0.294. The molecule has 1 amide bonds. The quantitative estimate of drug-likeness (QED) is 0.853. The SMILES string of the molecule is O=C(O)CC(NC(=O)Cc1ccc2c(c1)CCO2)c1cccs1. The number of carbonyl (C=O) groups excluding carboxylic acids is 1. The molecule has 2 aromatic rings. The van der Waals surface area contributed by atoms with E-state index in [-0.39, 0.29) is 18.7 Å². The summed E-state index contributed by atoms with van der Waals surface area (Å²) in [4.78, 5) is 24.1. The van der Waals surface area contributed by atoms with Gasteiger partial charge >= 0.3 is 5.97 Å². The van der Waals surface area contributed by atoms with Crippen LogP contribution >= 0.6 is 11.3 Å². The zero-order chi connectivity index (χ0) is 16.2. The molecule has 2 heterocycles. The lowest BCUT2D eigenvalue weighted by atomic mass is 10.1. The van der Waals surface area contributed by atoms with Crippen molar-refractivity contribution in [3.05, 3.63) is 51.7 Å². The average Bonchev–Trinajstić information content (AvgIpc) is 3.17. The van der Waals surface area contributed by atoms with Gasteiger partial charge in [-0.25, -0.2) is 0 Å². The van der Waals surface area contributed by atoms with Crippen LogP contribution in [0.25, 0.3) is 0 Å². The standard InChI is InChI=1S/C17H17NO4S/c19-16(9-11-3-4-14-12(8-11)5-6-22-14)18-13(10-17(20)21)15-2-1-7-23-15/h1-4,7-8,13H,5-6,9-10H2,(H,18,19)(H,20,21). The number of nitrogens with one attached hydrogen (secondary N) is 1. The van der Waals surface area contributed by atoms with E-state index >= 15 is 0 Å². The van der Waals surface area contributed by atoms with E-state index < -0.39 is 12.0 Å². The summed E-state index contributed by atoms with van der Waals surface area (Å²) in [6.07, 6.45) is 0.973. The number of carboxylic acids is 1. The molecule has 23 heavy (non-hydrogen) atoms. The highest BCUT2D eigenvalue weighted by Gasteiger charge is 2.20. The highest BCUT2D eigenvalue weighted by molar-refractivity contribution is 7.10. The van der Waals surface area contributed by atoms with Gasteiger partial charge in [-0.05, 0) is 28.6 Å². The molecule has 1 aromatic carbocycles. The first-order valence-electron chi connectivity index (χ1n) is 7.41. The summed E-state index contributed by atoms with van der Waals surface area (Å²) in [6.45, 7) is 0.685. The van der Waals surface area contributed by atoms with Crippen molar-refractivity contribution >= 4 is 23.2 Å². The Balaban J connectivity index is 1.66. The summed E-state index contributed by atoms with van der Waals surface area (Å²) in [5, 5.41) is 13.7. The van der Waals surface area contributed by atoms with Crippen molar-refractivity contribution in [2.24, 2.45) is 0 Å². The molecule has 1 atom stereocenters. The van der Waals surface area contributed by atoms with Crippen LogP contribution in [0.5, 0.6) is 5.75 Å². The van der Waals surface area contributed by atoms with Gasteiger partial charge in [0.15, 0.2) is 0 Å². The van der Waals surface area contributed by atoms with E-state index in [1.165, 1.54) is 11.3 Å². The van der Waals surface area contributed by atoms with Gasteiger partial charge in [-0.2, -0.15) is 0 Å². The van der Waals surface area contributed by atoms with Crippen LogP contribution in [0.1, 0.15) is 28.5 Å². The molecular weight excluding hydrogens is 314 g/mol. The van der Waals surface area contributed by atoms with Crippen LogP contribution in [0.3, 0.4) is 0 Å². The van der Waals surface area contributed by atoms with Gasteiger partial charge in [-0.3, -0.25) is 9.59 Å². The molecule has 0 saturated heterocycles. The van der Waals surface area contributed by atoms with E-state index in [0.717, 1.165) is 28.2 Å². The van der Waals surface area contributed by atoms with Crippen LogP contribution in [0.2, 0.25) is 0 Å². The molecule has 1 aromatic heterocycles. The Bertz CT molecular complexity index is 711. The molecular formula is C17H17NO4S. The average molecular weight is 331 g/mol. The maximum absolute atomic E-state index is 12.3. The maximum Gasteiger partial charge on any atom is 0.305 e. The minimum Gasteiger partial charge on any atom is -0.493 e. The molecule has 0 spiro atoms. The zero-order valence-corrected chi connectivity index (χ0v) is 13.3. The first-order valence-corrected chi connectivity index (χ1v) is 8.29. The molecule has 0 fully saturated rings. The van der Waals surface area contributed by atoms with Crippen molar-refractivity contribution in [2.75, 3.05) is 6.61 Å². The van der Waals surface area contributed by atoms with Gasteiger partial charge in [0.25, 0.3) is 0 Å². The second-order valence-corrected chi connectivity index (χ2v) is 6.43. The number of amides is 1. The van der Waals surface area contributed by atoms with E-state index in [9.17, 15) is 9.59 Å². The molecule has 5 nitrogen and oxygen atoms in total. The Hall–Kier alpha value is -2.34. The van der Waals surface area contributed by atoms with E-state index in [1.54, 1.807) is 0 Å². The Morgan fingerprint density at radius 3 is 2.96 bits per heavy atom. The minimum atomic E-state index is -0.932. The number of benzene rings is 1. The van der Waals surface area contributed by atoms with E-state index in [0.29, 0.717) is 6.61 Å². The number of carboxylic acid groups (broad SMARTS) is 1. The fourth-order valence-corrected chi connectivity index (χ4v) is 3.45. The highest BCUT2D eigenvalue weighted by Crippen LogP contribution is 2.26. The van der Waals surface area contributed by atoms with Crippen LogP contribution in [-0.4, -0.2) is 23.6 Å². The van der Waals surface area contributed by atoms with Crippen molar-refractivity contribution in [2.45, 2.75) is 25.3 Å². The van der Waals surface area contributed by atoms with Gasteiger partial charge < -0.3 is 15.2 Å². The fourth-order valence-electron chi connectivity index (χ4n) is 2.67. The van der Waals surface area contributed by atoms with Crippen molar-refractivity contribution in [3.8, 4) is 5.75 Å². The third kappa shape index (κ3) is 3.90. The van der Waals surface area contributed by atoms with E-state index in [2.05, 4.69) is 5.32 Å². The molecule has 0 bridgehead atoms. The molecule has 1 aliphatic rings. The Labute approximate surface area is 137 Å². The van der Waals surface area contributed by atoms with Crippen molar-refractivity contribution in [1.29, 1.82) is 0 Å². The molecule has 0 aliphatic carbocycles. The highest BCUT2D eigenvalue weighted by atomic mass is 32.1. The molecule has 120 valence electrons. The van der Waals surface area contributed by atoms with Gasteiger partial charge in [0, 0.05) is 11.3 Å². The van der Waals surface area contributed by atoms with Crippen molar-refractivity contribution < 1.29 is 19.4 Å². The van der Waals surface area contributed by atoms with Crippen LogP contribution in [0, 0.1) is 0 Å². The third-order valence-electron chi connectivity index (χ3n) is 3.72. The summed E-state index contributed by atoms with van der Waals surface area (Å²) >= 11 is 1.44. The predicted octanol–water partition coefficient (Wildman–Crippen LogP) is 2.56. The normalized spacial score (nSPS) is 13.9. The van der Waals surface area contributed by atoms with Gasteiger partial charge in [0.1, 0.15) is 5.75 Å². The topological polar surface area (TPSA) is 75.6 Å². The zero-order valence-electron chi connectivity index (χ0n) is 12.5. The van der Waals surface area contributed by atoms with Crippen LogP contribution < -0.4 is 10.1 Å². The summed E-state index contributed by atoms with van der Waals surface area (Å²) in [7, 11) is 0. The molecule has 2 N–H and O–H groups in total. The number of ether oxygens (including phenoxy) is 1. The number of hydrogen-bond donors (Lipinski definition) is 2. The Kier molecular flexibility index (Phi) is 4.62. The molecule has 1 unspecified atom stereocenters. The first-order chi connectivity index (χ1) is 11.1. The number of carbonyl (C=O) groups is 2. The maximum atomic E-state index is 12.3. The molecule has 1 aliphatic heterocycles. The number of rotatable bonds is 6. The largest absolute Gasteiger partial charge is 0.493 e. The lowest BCUT2D eigenvalue weighted by molar-refractivity contribution is -0.137. The van der Waals surface area contributed by atoms with Crippen LogP contribution in [0.4, 0.5) is 0 Å². The van der Waals surface area contributed by atoms with Crippen LogP contribution in [0.15, 0.2) is 35.7 Å². The molecule has 6 heteroatoms. The summed E-state index contributed by atoms with van der Waals surface area (Å²) < 4.78 is 5.45. The molecule has 3 rings (SSSR count). The Morgan fingerprint density at radius 1 is 1.35 bits per heavy atom. The summed E-state index contributed by atoms with van der Waals surface area (Å²) in [5.74, 6) is -0.224. The lowest BCUT2D eigenvalue weighted by Gasteiger charge is -2.15. The van der Waals surface area contributed by atoms with Gasteiger partial charge in [-0.15, -0.1) is 11.3 Å². The Morgan fingerprint density at radius 2 is 2.22 bits per heavy atom. The van der Waals surface area contributed by atoms with Gasteiger partial charge in [0.2, 0.25) is 5.91 Å². The van der Waals surface area contributed by atoms with E-state index in [1.807, 2.05) is 35.7 Å². The lowest BCUT2D eigenvalue weighted by Crippen LogP contribution is -2.30. The van der Waals surface area contributed by atoms with Crippen LogP contribution in [-0.2, 0) is 22.4 Å². The van der Waals surface area contributed by atoms with E-state index in [4.69, 9.17) is 9.84 Å². The van der Waals surface area contributed by atoms with Gasteiger partial charge in [0.05, 0.1) is 25.5 Å². The smallest absolute Gasteiger partial charge is 0.305 e. The summed E-state index contributed by atoms with van der Waals surface area (Å²) in [6, 6.07) is 8.95. The minimum absolute atomic E-state index is 0.121. The predicted molar refractivity (Wildman–Crippen MR) is 86.8 cm³/mol. The number of aliphatic carboxylic acids is 1. The summed E-state index contributed by atoms with van der Waals surface area (Å²) in [5.41, 5.74) is 2.03. The van der Waals surface area contributed by atoms with Crippen molar-refractivity contribution in [3.63, 3.8) is 0 Å². The number of thiophene rings is 1. The number of fused-ring (bicyclic) bond motifs is 1. The van der Waals surface area contributed by atoms with Gasteiger partial charge in [-0.1, -0.05) is 18.2 Å². The molecule has 0 saturated carbocycles.